The zero-order valence-corrected chi connectivity index (χ0v) is 14.3. The Morgan fingerprint density at radius 3 is 2.48 bits per heavy atom. The van der Waals surface area contributed by atoms with Crippen molar-refractivity contribution in [3.63, 3.8) is 0 Å². The van der Waals surface area contributed by atoms with Crippen molar-refractivity contribution in [2.45, 2.75) is 33.2 Å². The topological polar surface area (TPSA) is 85.0 Å². The molecule has 0 aliphatic rings. The Morgan fingerprint density at radius 1 is 1.30 bits per heavy atom. The number of carbonyl (C=O) groups is 1. The molecular weight excluding hydrogens is 310 g/mol. The van der Waals surface area contributed by atoms with Crippen molar-refractivity contribution < 1.29 is 4.79 Å². The van der Waals surface area contributed by atoms with E-state index in [0.717, 1.165) is 5.69 Å². The van der Waals surface area contributed by atoms with Crippen molar-refractivity contribution in [2.75, 3.05) is 10.6 Å². The fourth-order valence-corrected chi connectivity index (χ4v) is 2.32. The molecule has 1 aromatic heterocycles. The molecule has 0 unspecified atom stereocenters. The van der Waals surface area contributed by atoms with Crippen LogP contribution in [0.25, 0.3) is 0 Å². The first-order valence-electron chi connectivity index (χ1n) is 7.46. The van der Waals surface area contributed by atoms with Crippen molar-refractivity contribution in [3.8, 4) is 0 Å². The van der Waals surface area contributed by atoms with Crippen molar-refractivity contribution in [2.24, 2.45) is 5.73 Å². The Hall–Kier alpha value is -2.41. The van der Waals surface area contributed by atoms with Gasteiger partial charge >= 0.3 is 0 Å². The lowest BCUT2D eigenvalue weighted by atomic mass is 10.0. The van der Waals surface area contributed by atoms with Crippen LogP contribution in [0, 0.1) is 0 Å². The van der Waals surface area contributed by atoms with Gasteiger partial charge in [0.25, 0.3) is 5.91 Å². The molecule has 23 heavy (non-hydrogen) atoms. The predicted molar refractivity (Wildman–Crippen MR) is 96.8 cm³/mol. The van der Waals surface area contributed by atoms with Crippen molar-refractivity contribution in [3.05, 3.63) is 41.7 Å². The lowest BCUT2D eigenvalue weighted by Crippen LogP contribution is -2.21. The lowest BCUT2D eigenvalue weighted by molar-refractivity contribution is 0.0995. The second-order valence-electron chi connectivity index (χ2n) is 5.47. The number of anilines is 2. The van der Waals surface area contributed by atoms with E-state index in [-0.39, 0.29) is 5.69 Å². The summed E-state index contributed by atoms with van der Waals surface area (Å²) in [7, 11) is 0. The third-order valence-electron chi connectivity index (χ3n) is 3.40. The van der Waals surface area contributed by atoms with Gasteiger partial charge in [-0.3, -0.25) is 9.48 Å². The quantitative estimate of drug-likeness (QED) is 0.734. The van der Waals surface area contributed by atoms with E-state index in [9.17, 15) is 4.79 Å². The van der Waals surface area contributed by atoms with Gasteiger partial charge in [-0.2, -0.15) is 5.10 Å². The number of benzene rings is 1. The molecule has 0 radical (unpaired) electrons. The van der Waals surface area contributed by atoms with E-state index in [1.165, 1.54) is 5.56 Å². The first kappa shape index (κ1) is 17.0. The average molecular weight is 331 g/mol. The molecule has 1 aromatic carbocycles. The van der Waals surface area contributed by atoms with Gasteiger partial charge < -0.3 is 16.4 Å². The summed E-state index contributed by atoms with van der Waals surface area (Å²) in [5.41, 5.74) is 8.14. The van der Waals surface area contributed by atoms with Crippen LogP contribution in [0.5, 0.6) is 0 Å². The van der Waals surface area contributed by atoms with Crippen LogP contribution in [-0.4, -0.2) is 20.8 Å². The van der Waals surface area contributed by atoms with Crippen LogP contribution in [0.1, 0.15) is 42.7 Å². The number of nitrogens with zero attached hydrogens (tertiary/aromatic N) is 2. The second kappa shape index (κ2) is 7.23. The number of carbonyl (C=O) groups excluding carboxylic acids is 1. The zero-order chi connectivity index (χ0) is 17.0. The molecule has 7 heteroatoms. The van der Waals surface area contributed by atoms with Gasteiger partial charge in [-0.05, 0) is 42.8 Å². The second-order valence-corrected chi connectivity index (χ2v) is 5.88. The molecule has 2 aromatic rings. The number of aromatic nitrogens is 2. The fourth-order valence-electron chi connectivity index (χ4n) is 2.09. The molecular formula is C16H21N5OS. The minimum atomic E-state index is -0.594. The van der Waals surface area contributed by atoms with E-state index < -0.39 is 5.91 Å². The number of primary amides is 1. The highest BCUT2D eigenvalue weighted by Crippen LogP contribution is 2.18. The average Bonchev–Trinajstić information content (AvgIpc) is 2.90. The first-order valence-corrected chi connectivity index (χ1v) is 7.86. The van der Waals surface area contributed by atoms with E-state index in [4.69, 9.17) is 18.0 Å². The van der Waals surface area contributed by atoms with E-state index in [1.807, 2.05) is 19.1 Å². The molecule has 6 nitrogen and oxygen atoms in total. The number of amides is 1. The van der Waals surface area contributed by atoms with E-state index in [1.54, 1.807) is 10.9 Å². The third kappa shape index (κ3) is 4.29. The summed E-state index contributed by atoms with van der Waals surface area (Å²) in [6.07, 6.45) is 1.70. The Labute approximate surface area is 141 Å². The minimum absolute atomic E-state index is 0.172. The van der Waals surface area contributed by atoms with Gasteiger partial charge in [0, 0.05) is 18.4 Å². The van der Waals surface area contributed by atoms with Gasteiger partial charge in [0.15, 0.2) is 10.8 Å². The number of hydrogen-bond donors (Lipinski definition) is 3. The van der Waals surface area contributed by atoms with E-state index >= 15 is 0 Å². The molecule has 1 heterocycles. The highest BCUT2D eigenvalue weighted by Gasteiger charge is 2.14. The number of thiocarbonyl (C=S) groups is 1. The summed E-state index contributed by atoms with van der Waals surface area (Å²) in [5.74, 6) is -0.115. The number of hydrogen-bond acceptors (Lipinski definition) is 3. The maximum absolute atomic E-state index is 11.4. The molecule has 0 atom stereocenters. The van der Waals surface area contributed by atoms with Crippen LogP contribution in [0.2, 0.25) is 0 Å². The van der Waals surface area contributed by atoms with Gasteiger partial charge in [-0.25, -0.2) is 0 Å². The Kier molecular flexibility index (Phi) is 5.33. The Balaban J connectivity index is 2.07. The molecule has 0 saturated carbocycles. The molecule has 122 valence electrons. The summed E-state index contributed by atoms with van der Waals surface area (Å²) in [4.78, 5) is 11.4. The van der Waals surface area contributed by atoms with Crippen LogP contribution in [0.3, 0.4) is 0 Å². The maximum atomic E-state index is 11.4. The molecule has 0 saturated heterocycles. The minimum Gasteiger partial charge on any atom is -0.364 e. The lowest BCUT2D eigenvalue weighted by Gasteiger charge is -2.11. The number of nitrogens with two attached hydrogens (primary N) is 1. The molecule has 0 aliphatic carbocycles. The number of aryl methyl sites for hydroxylation is 1. The van der Waals surface area contributed by atoms with Crippen molar-refractivity contribution in [1.29, 1.82) is 0 Å². The van der Waals surface area contributed by atoms with Crippen LogP contribution >= 0.6 is 12.2 Å². The molecule has 0 spiro atoms. The highest BCUT2D eigenvalue weighted by atomic mass is 32.1. The summed E-state index contributed by atoms with van der Waals surface area (Å²) in [6, 6.07) is 8.04. The first-order chi connectivity index (χ1) is 10.9. The number of rotatable bonds is 5. The van der Waals surface area contributed by atoms with Gasteiger partial charge in [-0.1, -0.05) is 26.0 Å². The van der Waals surface area contributed by atoms with E-state index in [0.29, 0.717) is 23.3 Å². The standard InChI is InChI=1S/C16H21N5OS/c1-4-21-9-13(14(20-21)15(17)22)19-16(23)18-12-7-5-11(6-8-12)10(2)3/h5-10H,4H2,1-3H3,(H2,17,22)(H2,18,19,23). The smallest absolute Gasteiger partial charge is 0.271 e. The van der Waals surface area contributed by atoms with E-state index in [2.05, 4.69) is 41.7 Å². The maximum Gasteiger partial charge on any atom is 0.271 e. The highest BCUT2D eigenvalue weighted by molar-refractivity contribution is 7.80. The zero-order valence-electron chi connectivity index (χ0n) is 13.5. The van der Waals surface area contributed by atoms with Crippen LogP contribution < -0.4 is 16.4 Å². The van der Waals surface area contributed by atoms with Crippen LogP contribution in [-0.2, 0) is 6.54 Å². The van der Waals surface area contributed by atoms with Crippen LogP contribution in [0.4, 0.5) is 11.4 Å². The van der Waals surface area contributed by atoms with Gasteiger partial charge in [-0.15, -0.1) is 0 Å². The Morgan fingerprint density at radius 2 is 1.96 bits per heavy atom. The fraction of sp³-hybridized carbons (Fsp3) is 0.312. The largest absolute Gasteiger partial charge is 0.364 e. The molecule has 4 N–H and O–H groups in total. The number of nitrogens with one attached hydrogen (secondary N) is 2. The van der Waals surface area contributed by atoms with Crippen LogP contribution in [0.15, 0.2) is 30.5 Å². The third-order valence-corrected chi connectivity index (χ3v) is 3.61. The summed E-state index contributed by atoms with van der Waals surface area (Å²) < 4.78 is 1.63. The van der Waals surface area contributed by atoms with Gasteiger partial charge in [0.05, 0.1) is 5.69 Å². The normalized spacial score (nSPS) is 10.6. The molecule has 0 fully saturated rings. The monoisotopic (exact) mass is 331 g/mol. The summed E-state index contributed by atoms with van der Waals surface area (Å²) in [5, 5.41) is 10.5. The molecule has 1 amide bonds. The van der Waals surface area contributed by atoms with Gasteiger partial charge in [0.2, 0.25) is 0 Å². The van der Waals surface area contributed by atoms with Crippen molar-refractivity contribution >= 4 is 34.6 Å². The summed E-state index contributed by atoms with van der Waals surface area (Å²) in [6.45, 7) is 6.85. The molecule has 2 rings (SSSR count). The molecule has 0 aliphatic heterocycles. The summed E-state index contributed by atoms with van der Waals surface area (Å²) >= 11 is 5.28. The predicted octanol–water partition coefficient (Wildman–Crippen LogP) is 2.93. The Bertz CT molecular complexity index is 706. The van der Waals surface area contributed by atoms with Gasteiger partial charge in [0.1, 0.15) is 0 Å². The molecule has 0 bridgehead atoms. The van der Waals surface area contributed by atoms with Crippen molar-refractivity contribution in [1.82, 2.24) is 9.78 Å². The SMILES string of the molecule is CCn1cc(NC(=S)Nc2ccc(C(C)C)cc2)c(C(N)=O)n1.